The molecule has 164 valence electrons. The second-order valence-electron chi connectivity index (χ2n) is 6.65. The number of alkyl halides is 3. The molecular weight excluding hydrogens is 439 g/mol. The van der Waals surface area contributed by atoms with Gasteiger partial charge in [-0.3, -0.25) is 9.69 Å². The van der Waals surface area contributed by atoms with Gasteiger partial charge in [0.1, 0.15) is 11.8 Å². The number of methoxy groups -OCH3 is 1. The zero-order chi connectivity index (χ0) is 23.3. The van der Waals surface area contributed by atoms with Gasteiger partial charge in [-0.05, 0) is 54.3 Å². The molecule has 0 bridgehead atoms. The van der Waals surface area contributed by atoms with E-state index in [-0.39, 0.29) is 17.8 Å². The molecule has 1 heterocycles. The van der Waals surface area contributed by atoms with E-state index in [0.717, 1.165) is 15.9 Å². The lowest BCUT2D eigenvalue weighted by molar-refractivity contribution is -0.137. The fourth-order valence-corrected chi connectivity index (χ4v) is 3.42. The molecule has 3 rings (SSSR count). The number of carbonyl (C=O) groups excluding carboxylic acids is 1. The molecule has 0 aliphatic rings. The van der Waals surface area contributed by atoms with Gasteiger partial charge in [0.15, 0.2) is 5.69 Å². The molecule has 0 N–H and O–H groups in total. The van der Waals surface area contributed by atoms with Crippen molar-refractivity contribution < 1.29 is 22.7 Å². The average molecular weight is 457 g/mol. The Balaban J connectivity index is 2.10. The molecule has 0 aliphatic heterocycles. The molecule has 0 atom stereocenters. The van der Waals surface area contributed by atoms with Crippen molar-refractivity contribution >= 4 is 29.0 Å². The summed E-state index contributed by atoms with van der Waals surface area (Å²) in [5, 5.41) is 9.47. The number of ether oxygens (including phenoxy) is 1. The largest absolute Gasteiger partial charge is 0.497 e. The van der Waals surface area contributed by atoms with Crippen LogP contribution in [0.25, 0.3) is 0 Å². The van der Waals surface area contributed by atoms with E-state index >= 15 is 0 Å². The van der Waals surface area contributed by atoms with E-state index in [2.05, 4.69) is 4.98 Å². The first-order chi connectivity index (χ1) is 15.3. The Labute approximate surface area is 187 Å². The highest BCUT2D eigenvalue weighted by atomic mass is 32.2. The van der Waals surface area contributed by atoms with Gasteiger partial charge in [0.25, 0.3) is 0 Å². The molecule has 0 saturated heterocycles. The van der Waals surface area contributed by atoms with Gasteiger partial charge in [0, 0.05) is 16.8 Å². The van der Waals surface area contributed by atoms with Gasteiger partial charge >= 0.3 is 6.18 Å². The topological polar surface area (TPSA) is 66.2 Å². The molecule has 0 saturated carbocycles. The highest BCUT2D eigenvalue weighted by molar-refractivity contribution is 7.98. The third kappa shape index (κ3) is 5.21. The summed E-state index contributed by atoms with van der Waals surface area (Å²) in [7, 11) is 1.52. The van der Waals surface area contributed by atoms with Crippen LogP contribution in [0.1, 0.15) is 16.8 Å². The van der Waals surface area contributed by atoms with Crippen LogP contribution >= 0.6 is 11.8 Å². The molecule has 0 spiro atoms. The number of benzene rings is 2. The highest BCUT2D eigenvalue weighted by Gasteiger charge is 2.33. The number of anilines is 2. The molecular formula is C23H18F3N3O2S. The fraction of sp³-hybridized carbons (Fsp3) is 0.174. The van der Waals surface area contributed by atoms with Crippen LogP contribution in [0.5, 0.6) is 5.75 Å². The first-order valence-corrected chi connectivity index (χ1v) is 10.6. The van der Waals surface area contributed by atoms with Crippen LogP contribution in [0.15, 0.2) is 65.7 Å². The van der Waals surface area contributed by atoms with E-state index < -0.39 is 17.6 Å². The van der Waals surface area contributed by atoms with Gasteiger partial charge in [-0.25, -0.2) is 4.98 Å². The molecule has 0 fully saturated rings. The Kier molecular flexibility index (Phi) is 7.05. The average Bonchev–Trinajstić information content (AvgIpc) is 2.79. The predicted octanol–water partition coefficient (Wildman–Crippen LogP) is 5.61. The van der Waals surface area contributed by atoms with Crippen molar-refractivity contribution in [3.63, 3.8) is 0 Å². The Bertz CT molecular complexity index is 1140. The monoisotopic (exact) mass is 457 g/mol. The fourth-order valence-electron chi connectivity index (χ4n) is 3.01. The molecule has 32 heavy (non-hydrogen) atoms. The first-order valence-electron chi connectivity index (χ1n) is 9.34. The van der Waals surface area contributed by atoms with E-state index in [1.54, 1.807) is 54.6 Å². The van der Waals surface area contributed by atoms with Crippen LogP contribution in [0.2, 0.25) is 0 Å². The van der Waals surface area contributed by atoms with Gasteiger partial charge < -0.3 is 4.74 Å². The second-order valence-corrected chi connectivity index (χ2v) is 7.53. The smallest absolute Gasteiger partial charge is 0.417 e. The summed E-state index contributed by atoms with van der Waals surface area (Å²) in [6.07, 6.45) is -2.31. The lowest BCUT2D eigenvalue weighted by Gasteiger charge is -2.25. The minimum atomic E-state index is -4.68. The van der Waals surface area contributed by atoms with Crippen LogP contribution in [0.3, 0.4) is 0 Å². The number of amides is 1. The summed E-state index contributed by atoms with van der Waals surface area (Å²) < 4.78 is 45.1. The van der Waals surface area contributed by atoms with Gasteiger partial charge in [0.2, 0.25) is 5.91 Å². The molecule has 0 radical (unpaired) electrons. The first kappa shape index (κ1) is 23.2. The Hall–Kier alpha value is -3.51. The Morgan fingerprint density at radius 3 is 2.34 bits per heavy atom. The third-order valence-corrected chi connectivity index (χ3v) is 5.38. The van der Waals surface area contributed by atoms with Gasteiger partial charge in [0.05, 0.1) is 24.8 Å². The number of nitriles is 1. The zero-order valence-electron chi connectivity index (χ0n) is 17.2. The van der Waals surface area contributed by atoms with E-state index in [1.807, 2.05) is 6.26 Å². The van der Waals surface area contributed by atoms with E-state index in [4.69, 9.17) is 4.74 Å². The maximum Gasteiger partial charge on any atom is 0.417 e. The minimum Gasteiger partial charge on any atom is -0.497 e. The second kappa shape index (κ2) is 9.75. The maximum absolute atomic E-state index is 13.3. The molecule has 2 aromatic carbocycles. The number of hydrogen-bond donors (Lipinski definition) is 0. The summed E-state index contributed by atoms with van der Waals surface area (Å²) in [6.45, 7) is 0. The van der Waals surface area contributed by atoms with Gasteiger partial charge in [-0.2, -0.15) is 18.4 Å². The summed E-state index contributed by atoms with van der Waals surface area (Å²) in [6, 6.07) is 16.1. The van der Waals surface area contributed by atoms with Crippen molar-refractivity contribution in [3.8, 4) is 11.8 Å². The quantitative estimate of drug-likeness (QED) is 0.450. The molecule has 1 amide bonds. The summed E-state index contributed by atoms with van der Waals surface area (Å²) >= 11 is 1.48. The molecule has 0 aliphatic carbocycles. The number of carbonyl (C=O) groups is 1. The van der Waals surface area contributed by atoms with Crippen LogP contribution < -0.4 is 9.64 Å². The van der Waals surface area contributed by atoms with Crippen LogP contribution in [0, 0.1) is 11.3 Å². The standard InChI is InChI=1S/C23H18F3N3O2S/c1-31-18-7-3-15(4-8-18)11-22(30)29(17-5-9-19(32-2)10-6-17)21-12-16(23(24,25)26)14-28-20(21)13-27/h3-10,12,14H,11H2,1-2H3. The zero-order valence-corrected chi connectivity index (χ0v) is 18.0. The van der Waals surface area contributed by atoms with E-state index in [9.17, 15) is 23.2 Å². The van der Waals surface area contributed by atoms with Crippen molar-refractivity contribution in [2.45, 2.75) is 17.5 Å². The molecule has 1 aromatic heterocycles. The summed E-state index contributed by atoms with van der Waals surface area (Å²) in [4.78, 5) is 19.0. The summed E-state index contributed by atoms with van der Waals surface area (Å²) in [5.74, 6) is 0.101. The van der Waals surface area contributed by atoms with Crippen LogP contribution in [0.4, 0.5) is 24.5 Å². The molecule has 5 nitrogen and oxygen atoms in total. The van der Waals surface area contributed by atoms with Crippen molar-refractivity contribution in [2.24, 2.45) is 0 Å². The number of nitrogens with zero attached hydrogens (tertiary/aromatic N) is 3. The molecule has 0 unspecified atom stereocenters. The Morgan fingerprint density at radius 2 is 1.81 bits per heavy atom. The lowest BCUT2D eigenvalue weighted by Crippen LogP contribution is -2.29. The SMILES string of the molecule is COc1ccc(CC(=O)N(c2ccc(SC)cc2)c2cc(C(F)(F)F)cnc2C#N)cc1. The van der Waals surface area contributed by atoms with Gasteiger partial charge in [-0.1, -0.05) is 12.1 Å². The van der Waals surface area contributed by atoms with Crippen molar-refractivity contribution in [1.82, 2.24) is 4.98 Å². The normalized spacial score (nSPS) is 11.0. The van der Waals surface area contributed by atoms with Crippen molar-refractivity contribution in [2.75, 3.05) is 18.3 Å². The van der Waals surface area contributed by atoms with Crippen LogP contribution in [-0.4, -0.2) is 24.3 Å². The maximum atomic E-state index is 13.3. The molecule has 9 heteroatoms. The van der Waals surface area contributed by atoms with Gasteiger partial charge in [-0.15, -0.1) is 11.8 Å². The number of halogens is 3. The number of pyridine rings is 1. The van der Waals surface area contributed by atoms with E-state index in [1.165, 1.54) is 18.9 Å². The van der Waals surface area contributed by atoms with Crippen molar-refractivity contribution in [3.05, 3.63) is 77.6 Å². The van der Waals surface area contributed by atoms with Crippen molar-refractivity contribution in [1.29, 1.82) is 5.26 Å². The Morgan fingerprint density at radius 1 is 1.16 bits per heavy atom. The number of hydrogen-bond acceptors (Lipinski definition) is 5. The number of rotatable bonds is 6. The highest BCUT2D eigenvalue weighted by Crippen LogP contribution is 2.35. The van der Waals surface area contributed by atoms with E-state index in [0.29, 0.717) is 23.2 Å². The predicted molar refractivity (Wildman–Crippen MR) is 116 cm³/mol. The minimum absolute atomic E-state index is 0.102. The third-order valence-electron chi connectivity index (χ3n) is 4.64. The lowest BCUT2D eigenvalue weighted by atomic mass is 10.1. The number of thioether (sulfide) groups is 1. The number of aromatic nitrogens is 1. The molecule has 3 aromatic rings. The summed E-state index contributed by atoms with van der Waals surface area (Å²) in [5.41, 5.74) is -0.582. The van der Waals surface area contributed by atoms with Crippen LogP contribution in [-0.2, 0) is 17.4 Å².